The zero-order chi connectivity index (χ0) is 13.8. The van der Waals surface area contributed by atoms with Gasteiger partial charge in [0.1, 0.15) is 0 Å². The Morgan fingerprint density at radius 3 is 2.79 bits per heavy atom. The predicted molar refractivity (Wildman–Crippen MR) is 76.9 cm³/mol. The van der Waals surface area contributed by atoms with Gasteiger partial charge in [-0.05, 0) is 43.5 Å². The van der Waals surface area contributed by atoms with Crippen molar-refractivity contribution in [1.29, 1.82) is 0 Å². The molecular formula is C15H18ClNO2. The molecular weight excluding hydrogens is 262 g/mol. The van der Waals surface area contributed by atoms with E-state index in [-0.39, 0.29) is 18.6 Å². The van der Waals surface area contributed by atoms with Crippen LogP contribution in [-0.4, -0.2) is 35.1 Å². The zero-order valence-electron chi connectivity index (χ0n) is 11.0. The second kappa shape index (κ2) is 6.22. The van der Waals surface area contributed by atoms with Gasteiger partial charge in [-0.3, -0.25) is 4.79 Å². The van der Waals surface area contributed by atoms with Crippen LogP contribution in [0.4, 0.5) is 0 Å². The maximum Gasteiger partial charge on any atom is 0.249 e. The second-order valence-electron chi connectivity index (χ2n) is 4.86. The maximum atomic E-state index is 12.3. The van der Waals surface area contributed by atoms with Gasteiger partial charge in [0.15, 0.2) is 0 Å². The molecule has 1 atom stereocenters. The Bertz CT molecular complexity index is 481. The van der Waals surface area contributed by atoms with E-state index in [1.165, 1.54) is 0 Å². The molecule has 1 fully saturated rings. The van der Waals surface area contributed by atoms with Crippen molar-refractivity contribution in [1.82, 2.24) is 4.90 Å². The molecule has 1 aromatic rings. The number of rotatable bonds is 3. The number of nitrogens with zero attached hydrogens (tertiary/aromatic N) is 1. The Balaban J connectivity index is 2.12. The van der Waals surface area contributed by atoms with Gasteiger partial charge in [-0.1, -0.05) is 23.7 Å². The van der Waals surface area contributed by atoms with Gasteiger partial charge in [0, 0.05) is 17.1 Å². The van der Waals surface area contributed by atoms with Crippen molar-refractivity contribution in [3.05, 3.63) is 40.4 Å². The molecule has 0 bridgehead atoms. The normalized spacial score (nSPS) is 19.8. The average molecular weight is 280 g/mol. The molecule has 1 N–H and O–H groups in total. The first-order chi connectivity index (χ1) is 9.11. The number of aliphatic hydroxyl groups is 1. The molecule has 1 saturated heterocycles. The van der Waals surface area contributed by atoms with Gasteiger partial charge < -0.3 is 10.0 Å². The molecule has 0 saturated carbocycles. The van der Waals surface area contributed by atoms with Gasteiger partial charge in [0.05, 0.1) is 12.6 Å². The van der Waals surface area contributed by atoms with Crippen molar-refractivity contribution in [2.24, 2.45) is 0 Å². The summed E-state index contributed by atoms with van der Waals surface area (Å²) >= 11 is 5.83. The van der Waals surface area contributed by atoms with Crippen molar-refractivity contribution >= 4 is 23.6 Å². The SMILES string of the molecule is C/C(=C/c1ccc(Cl)cc1)C(=O)N1CCC[C@@H]1CO. The minimum absolute atomic E-state index is 0.00602. The van der Waals surface area contributed by atoms with E-state index in [0.29, 0.717) is 10.6 Å². The van der Waals surface area contributed by atoms with E-state index < -0.39 is 0 Å². The molecule has 0 spiro atoms. The molecule has 4 heteroatoms. The highest BCUT2D eigenvalue weighted by Crippen LogP contribution is 2.20. The standard InChI is InChI=1S/C15H18ClNO2/c1-11(9-12-4-6-13(16)7-5-12)15(19)17-8-2-3-14(17)10-18/h4-7,9,14,18H,2-3,8,10H2,1H3/b11-9-/t14-/m1/s1. The first-order valence-electron chi connectivity index (χ1n) is 6.47. The van der Waals surface area contributed by atoms with E-state index in [4.69, 9.17) is 11.6 Å². The molecule has 19 heavy (non-hydrogen) atoms. The number of hydrogen-bond donors (Lipinski definition) is 1. The third-order valence-electron chi connectivity index (χ3n) is 3.44. The van der Waals surface area contributed by atoms with Crippen LogP contribution in [0.3, 0.4) is 0 Å². The molecule has 2 rings (SSSR count). The summed E-state index contributed by atoms with van der Waals surface area (Å²) in [5.74, 6) is 0.00602. The van der Waals surface area contributed by atoms with Gasteiger partial charge in [-0.2, -0.15) is 0 Å². The number of hydrogen-bond acceptors (Lipinski definition) is 2. The smallest absolute Gasteiger partial charge is 0.249 e. The quantitative estimate of drug-likeness (QED) is 0.865. The van der Waals surface area contributed by atoms with Gasteiger partial charge in [0.2, 0.25) is 5.91 Å². The van der Waals surface area contributed by atoms with Crippen molar-refractivity contribution in [3.8, 4) is 0 Å². The molecule has 1 aromatic carbocycles. The number of aliphatic hydroxyl groups excluding tert-OH is 1. The second-order valence-corrected chi connectivity index (χ2v) is 5.29. The Hall–Kier alpha value is -1.32. The number of amides is 1. The summed E-state index contributed by atoms with van der Waals surface area (Å²) in [4.78, 5) is 14.1. The molecule has 3 nitrogen and oxygen atoms in total. The Morgan fingerprint density at radius 2 is 2.16 bits per heavy atom. The number of likely N-dealkylation sites (tertiary alicyclic amines) is 1. The highest BCUT2D eigenvalue weighted by molar-refractivity contribution is 6.30. The molecule has 0 unspecified atom stereocenters. The molecule has 1 aliphatic rings. The van der Waals surface area contributed by atoms with Crippen LogP contribution in [0, 0.1) is 0 Å². The highest BCUT2D eigenvalue weighted by atomic mass is 35.5. The lowest BCUT2D eigenvalue weighted by molar-refractivity contribution is -0.128. The number of carbonyl (C=O) groups is 1. The fourth-order valence-corrected chi connectivity index (χ4v) is 2.52. The maximum absolute atomic E-state index is 12.3. The average Bonchev–Trinajstić information content (AvgIpc) is 2.88. The van der Waals surface area contributed by atoms with Crippen molar-refractivity contribution in [3.63, 3.8) is 0 Å². The summed E-state index contributed by atoms with van der Waals surface area (Å²) in [5.41, 5.74) is 1.64. The number of carbonyl (C=O) groups excluding carboxylic acids is 1. The summed E-state index contributed by atoms with van der Waals surface area (Å²) in [6.45, 7) is 2.58. The Labute approximate surface area is 118 Å². The number of benzene rings is 1. The lowest BCUT2D eigenvalue weighted by Crippen LogP contribution is -2.38. The van der Waals surface area contributed by atoms with Crippen LogP contribution >= 0.6 is 11.6 Å². The summed E-state index contributed by atoms with van der Waals surface area (Å²) < 4.78 is 0. The summed E-state index contributed by atoms with van der Waals surface area (Å²) in [7, 11) is 0. The van der Waals surface area contributed by atoms with Crippen LogP contribution < -0.4 is 0 Å². The molecule has 0 aliphatic carbocycles. The minimum Gasteiger partial charge on any atom is -0.394 e. The van der Waals surface area contributed by atoms with Gasteiger partial charge >= 0.3 is 0 Å². The monoisotopic (exact) mass is 279 g/mol. The van der Waals surface area contributed by atoms with Gasteiger partial charge in [0.25, 0.3) is 0 Å². The Morgan fingerprint density at radius 1 is 1.47 bits per heavy atom. The van der Waals surface area contributed by atoms with Gasteiger partial charge in [-0.15, -0.1) is 0 Å². The van der Waals surface area contributed by atoms with Crippen molar-refractivity contribution in [2.45, 2.75) is 25.8 Å². The molecule has 1 heterocycles. The fraction of sp³-hybridized carbons (Fsp3) is 0.400. The van der Waals surface area contributed by atoms with E-state index >= 15 is 0 Å². The Kier molecular flexibility index (Phi) is 4.61. The van der Waals surface area contributed by atoms with Gasteiger partial charge in [-0.25, -0.2) is 0 Å². The van der Waals surface area contributed by atoms with E-state index in [9.17, 15) is 9.90 Å². The van der Waals surface area contributed by atoms with E-state index in [1.54, 1.807) is 17.0 Å². The minimum atomic E-state index is -0.0268. The van der Waals surface area contributed by atoms with Crippen LogP contribution in [0.2, 0.25) is 5.02 Å². The van der Waals surface area contributed by atoms with E-state index in [1.807, 2.05) is 25.1 Å². The van der Waals surface area contributed by atoms with E-state index in [2.05, 4.69) is 0 Å². The van der Waals surface area contributed by atoms with Crippen LogP contribution in [0.5, 0.6) is 0 Å². The van der Waals surface area contributed by atoms with Crippen molar-refractivity contribution < 1.29 is 9.90 Å². The molecule has 1 aliphatic heterocycles. The summed E-state index contributed by atoms with van der Waals surface area (Å²) in [6, 6.07) is 7.34. The van der Waals surface area contributed by atoms with Crippen molar-refractivity contribution in [2.75, 3.05) is 13.2 Å². The highest BCUT2D eigenvalue weighted by Gasteiger charge is 2.28. The first-order valence-corrected chi connectivity index (χ1v) is 6.85. The molecule has 102 valence electrons. The lowest BCUT2D eigenvalue weighted by Gasteiger charge is -2.23. The topological polar surface area (TPSA) is 40.5 Å². The first kappa shape index (κ1) is 14.1. The molecule has 0 radical (unpaired) electrons. The van der Waals surface area contributed by atoms with Crippen LogP contribution in [-0.2, 0) is 4.79 Å². The van der Waals surface area contributed by atoms with Crippen LogP contribution in [0.1, 0.15) is 25.3 Å². The number of halogens is 1. The summed E-state index contributed by atoms with van der Waals surface area (Å²) in [5, 5.41) is 9.94. The predicted octanol–water partition coefficient (Wildman–Crippen LogP) is 2.73. The third-order valence-corrected chi connectivity index (χ3v) is 3.69. The van der Waals surface area contributed by atoms with Crippen LogP contribution in [0.15, 0.2) is 29.8 Å². The largest absolute Gasteiger partial charge is 0.394 e. The zero-order valence-corrected chi connectivity index (χ0v) is 11.7. The fourth-order valence-electron chi connectivity index (χ4n) is 2.39. The summed E-state index contributed by atoms with van der Waals surface area (Å²) in [6.07, 6.45) is 3.70. The molecule has 1 amide bonds. The van der Waals surface area contributed by atoms with Crippen LogP contribution in [0.25, 0.3) is 6.08 Å². The van der Waals surface area contributed by atoms with E-state index in [0.717, 1.165) is 24.9 Å². The molecule has 0 aromatic heterocycles. The third kappa shape index (κ3) is 3.37. The lowest BCUT2D eigenvalue weighted by atomic mass is 10.1.